The summed E-state index contributed by atoms with van der Waals surface area (Å²) in [6, 6.07) is 20.0. The van der Waals surface area contributed by atoms with Gasteiger partial charge in [0.25, 0.3) is 0 Å². The highest BCUT2D eigenvalue weighted by atomic mass is 16.6. The van der Waals surface area contributed by atoms with Crippen LogP contribution in [0.15, 0.2) is 60.7 Å². The van der Waals surface area contributed by atoms with Crippen molar-refractivity contribution in [1.29, 1.82) is 0 Å². The lowest BCUT2D eigenvalue weighted by Gasteiger charge is -2.31. The zero-order valence-electron chi connectivity index (χ0n) is 15.0. The van der Waals surface area contributed by atoms with E-state index in [1.165, 1.54) is 0 Å². The highest BCUT2D eigenvalue weighted by Crippen LogP contribution is 2.13. The molecule has 0 aromatic heterocycles. The standard InChI is InChI=1S/C21H26N2O3/c24-21(26-17-18-7-3-1-4-8-18)23-14-11-19(12-15-23)22-13-16-25-20-9-5-2-6-10-20/h1-10,19,22H,11-17H2. The number of nitrogens with one attached hydrogen (secondary N) is 1. The number of amides is 1. The number of ether oxygens (including phenoxy) is 2. The summed E-state index contributed by atoms with van der Waals surface area (Å²) >= 11 is 0. The Kier molecular flexibility index (Phi) is 6.90. The van der Waals surface area contributed by atoms with Gasteiger partial charge in [0.1, 0.15) is 19.0 Å². The van der Waals surface area contributed by atoms with Crippen LogP contribution >= 0.6 is 0 Å². The van der Waals surface area contributed by atoms with Crippen LogP contribution in [0.4, 0.5) is 4.79 Å². The van der Waals surface area contributed by atoms with Crippen molar-refractivity contribution in [1.82, 2.24) is 10.2 Å². The van der Waals surface area contributed by atoms with Gasteiger partial charge in [0.15, 0.2) is 0 Å². The second-order valence-corrected chi connectivity index (χ2v) is 6.42. The normalized spacial score (nSPS) is 14.8. The molecule has 0 atom stereocenters. The molecular weight excluding hydrogens is 328 g/mol. The van der Waals surface area contributed by atoms with Crippen LogP contribution in [-0.2, 0) is 11.3 Å². The molecule has 5 nitrogen and oxygen atoms in total. The third-order valence-electron chi connectivity index (χ3n) is 4.51. The van der Waals surface area contributed by atoms with E-state index >= 15 is 0 Å². The number of likely N-dealkylation sites (tertiary alicyclic amines) is 1. The van der Waals surface area contributed by atoms with Crippen molar-refractivity contribution in [3.63, 3.8) is 0 Å². The van der Waals surface area contributed by atoms with E-state index < -0.39 is 0 Å². The molecule has 3 rings (SSSR count). The van der Waals surface area contributed by atoms with Crippen LogP contribution in [0.25, 0.3) is 0 Å². The zero-order chi connectivity index (χ0) is 18.0. The second-order valence-electron chi connectivity index (χ2n) is 6.42. The number of rotatable bonds is 7. The molecule has 0 radical (unpaired) electrons. The number of nitrogens with zero attached hydrogens (tertiary/aromatic N) is 1. The maximum absolute atomic E-state index is 12.2. The van der Waals surface area contributed by atoms with Crippen molar-refractivity contribution in [3.8, 4) is 5.75 Å². The van der Waals surface area contributed by atoms with Crippen molar-refractivity contribution in [2.24, 2.45) is 0 Å². The summed E-state index contributed by atoms with van der Waals surface area (Å²) in [5, 5.41) is 3.51. The van der Waals surface area contributed by atoms with Crippen molar-refractivity contribution >= 4 is 6.09 Å². The van der Waals surface area contributed by atoms with Gasteiger partial charge < -0.3 is 19.7 Å². The Morgan fingerprint density at radius 1 is 1.00 bits per heavy atom. The summed E-state index contributed by atoms with van der Waals surface area (Å²) in [4.78, 5) is 14.0. The van der Waals surface area contributed by atoms with Crippen LogP contribution < -0.4 is 10.1 Å². The minimum Gasteiger partial charge on any atom is -0.492 e. The monoisotopic (exact) mass is 354 g/mol. The number of hydrogen-bond donors (Lipinski definition) is 1. The van der Waals surface area contributed by atoms with Gasteiger partial charge in [-0.3, -0.25) is 0 Å². The van der Waals surface area contributed by atoms with Crippen LogP contribution in [0, 0.1) is 0 Å². The Bertz CT molecular complexity index is 655. The first-order valence-electron chi connectivity index (χ1n) is 9.18. The minimum absolute atomic E-state index is 0.222. The van der Waals surface area contributed by atoms with E-state index in [0.29, 0.717) is 19.3 Å². The molecule has 1 N–H and O–H groups in total. The van der Waals surface area contributed by atoms with Gasteiger partial charge >= 0.3 is 6.09 Å². The van der Waals surface area contributed by atoms with E-state index in [1.54, 1.807) is 4.90 Å². The van der Waals surface area contributed by atoms with Crippen molar-refractivity contribution in [2.45, 2.75) is 25.5 Å². The summed E-state index contributed by atoms with van der Waals surface area (Å²) in [6.45, 7) is 3.23. The smallest absolute Gasteiger partial charge is 0.410 e. The van der Waals surface area contributed by atoms with Crippen LogP contribution in [0.3, 0.4) is 0 Å². The van der Waals surface area contributed by atoms with E-state index in [0.717, 1.165) is 43.8 Å². The quantitative estimate of drug-likeness (QED) is 0.774. The summed E-state index contributed by atoms with van der Waals surface area (Å²) in [7, 11) is 0. The predicted octanol–water partition coefficient (Wildman–Crippen LogP) is 3.46. The fraction of sp³-hybridized carbons (Fsp3) is 0.381. The van der Waals surface area contributed by atoms with Gasteiger partial charge in [-0.2, -0.15) is 0 Å². The molecule has 0 saturated carbocycles. The van der Waals surface area contributed by atoms with Gasteiger partial charge in [-0.25, -0.2) is 4.79 Å². The lowest BCUT2D eigenvalue weighted by Crippen LogP contribution is -2.45. The molecule has 1 saturated heterocycles. The maximum atomic E-state index is 12.2. The number of benzene rings is 2. The van der Waals surface area contributed by atoms with Gasteiger partial charge in [-0.1, -0.05) is 48.5 Å². The fourth-order valence-corrected chi connectivity index (χ4v) is 3.03. The first-order valence-corrected chi connectivity index (χ1v) is 9.18. The zero-order valence-corrected chi connectivity index (χ0v) is 15.0. The molecule has 2 aromatic rings. The number of piperidine rings is 1. The SMILES string of the molecule is O=C(OCc1ccccc1)N1CCC(NCCOc2ccccc2)CC1. The summed E-state index contributed by atoms with van der Waals surface area (Å²) in [5.74, 6) is 0.894. The van der Waals surface area contributed by atoms with E-state index in [1.807, 2.05) is 60.7 Å². The molecule has 138 valence electrons. The lowest BCUT2D eigenvalue weighted by molar-refractivity contribution is 0.0850. The topological polar surface area (TPSA) is 50.8 Å². The van der Waals surface area contributed by atoms with Gasteiger partial charge in [0, 0.05) is 25.7 Å². The highest BCUT2D eigenvalue weighted by Gasteiger charge is 2.23. The molecular formula is C21H26N2O3. The molecule has 1 aliphatic rings. The molecule has 0 unspecified atom stereocenters. The van der Waals surface area contributed by atoms with E-state index in [2.05, 4.69) is 5.32 Å². The molecule has 5 heteroatoms. The molecule has 1 aliphatic heterocycles. The Balaban J connectivity index is 1.29. The molecule has 0 bridgehead atoms. The second kappa shape index (κ2) is 9.82. The van der Waals surface area contributed by atoms with Crippen LogP contribution in [0.5, 0.6) is 5.75 Å². The Morgan fingerprint density at radius 3 is 2.35 bits per heavy atom. The third-order valence-corrected chi connectivity index (χ3v) is 4.51. The molecule has 0 aliphatic carbocycles. The fourth-order valence-electron chi connectivity index (χ4n) is 3.03. The van der Waals surface area contributed by atoms with Gasteiger partial charge in [0.2, 0.25) is 0 Å². The number of carbonyl (C=O) groups is 1. The Labute approximate surface area is 154 Å². The average Bonchev–Trinajstić information content (AvgIpc) is 2.71. The Hall–Kier alpha value is -2.53. The summed E-state index contributed by atoms with van der Waals surface area (Å²) < 4.78 is 11.1. The summed E-state index contributed by atoms with van der Waals surface area (Å²) in [5.41, 5.74) is 1.01. The van der Waals surface area contributed by atoms with Gasteiger partial charge in [0.05, 0.1) is 0 Å². The van der Waals surface area contributed by atoms with Crippen molar-refractivity contribution in [3.05, 3.63) is 66.2 Å². The van der Waals surface area contributed by atoms with Crippen molar-refractivity contribution in [2.75, 3.05) is 26.2 Å². The third kappa shape index (κ3) is 5.77. The van der Waals surface area contributed by atoms with E-state index in [-0.39, 0.29) is 6.09 Å². The number of carbonyl (C=O) groups excluding carboxylic acids is 1. The van der Waals surface area contributed by atoms with Crippen molar-refractivity contribution < 1.29 is 14.3 Å². The Morgan fingerprint density at radius 2 is 1.65 bits per heavy atom. The molecule has 2 aromatic carbocycles. The largest absolute Gasteiger partial charge is 0.492 e. The lowest BCUT2D eigenvalue weighted by atomic mass is 10.1. The predicted molar refractivity (Wildman–Crippen MR) is 101 cm³/mol. The average molecular weight is 354 g/mol. The van der Waals surface area contributed by atoms with E-state index in [9.17, 15) is 4.79 Å². The van der Waals surface area contributed by atoms with Crippen LogP contribution in [0.1, 0.15) is 18.4 Å². The molecule has 1 fully saturated rings. The van der Waals surface area contributed by atoms with Gasteiger partial charge in [-0.15, -0.1) is 0 Å². The molecule has 26 heavy (non-hydrogen) atoms. The molecule has 0 spiro atoms. The van der Waals surface area contributed by atoms with Gasteiger partial charge in [-0.05, 0) is 30.5 Å². The number of hydrogen-bond acceptors (Lipinski definition) is 4. The number of para-hydroxylation sites is 1. The first kappa shape index (κ1) is 18.3. The van der Waals surface area contributed by atoms with E-state index in [4.69, 9.17) is 9.47 Å². The molecule has 1 amide bonds. The summed E-state index contributed by atoms with van der Waals surface area (Å²) in [6.07, 6.45) is 1.65. The highest BCUT2D eigenvalue weighted by molar-refractivity contribution is 5.67. The molecule has 1 heterocycles. The maximum Gasteiger partial charge on any atom is 0.410 e. The van der Waals surface area contributed by atoms with Crippen LogP contribution in [-0.4, -0.2) is 43.3 Å². The first-order chi connectivity index (χ1) is 12.8. The van der Waals surface area contributed by atoms with Crippen LogP contribution in [0.2, 0.25) is 0 Å². The minimum atomic E-state index is -0.222.